The van der Waals surface area contributed by atoms with Gasteiger partial charge in [0, 0.05) is 0 Å². The number of ether oxygens (including phenoxy) is 4. The Kier molecular flexibility index (Phi) is 2.98. The molecular weight excluding hydrogens is 288 g/mol. The Morgan fingerprint density at radius 2 is 1.86 bits per heavy atom. The van der Waals surface area contributed by atoms with Gasteiger partial charge in [0.25, 0.3) is 0 Å². The van der Waals surface area contributed by atoms with Crippen molar-refractivity contribution in [3.63, 3.8) is 0 Å². The Balaban J connectivity index is 1.60. The smallest absolute Gasteiger partial charge is 0.191 e. The number of aliphatic hydroxyl groups is 2. The molecule has 2 aliphatic heterocycles. The maximum atomic E-state index is 10.4. The second-order valence-corrected chi connectivity index (χ2v) is 6.56. The van der Waals surface area contributed by atoms with E-state index in [1.165, 1.54) is 0 Å². The summed E-state index contributed by atoms with van der Waals surface area (Å²) in [4.78, 5) is 0. The molecule has 5 atom stereocenters. The third-order valence-electron chi connectivity index (χ3n) is 4.79. The van der Waals surface area contributed by atoms with E-state index in [1.807, 2.05) is 30.3 Å². The summed E-state index contributed by atoms with van der Waals surface area (Å²) in [6, 6.07) is 9.65. The van der Waals surface area contributed by atoms with E-state index in [9.17, 15) is 10.2 Å². The molecule has 6 nitrogen and oxygen atoms in total. The van der Waals surface area contributed by atoms with E-state index in [4.69, 9.17) is 18.9 Å². The number of hydrogen-bond donors (Lipinski definition) is 2. The van der Waals surface area contributed by atoms with Crippen LogP contribution in [0.2, 0.25) is 0 Å². The van der Waals surface area contributed by atoms with E-state index in [0.717, 1.165) is 5.56 Å². The lowest BCUT2D eigenvalue weighted by Gasteiger charge is -2.24. The van der Waals surface area contributed by atoms with Crippen molar-refractivity contribution in [1.82, 2.24) is 0 Å². The van der Waals surface area contributed by atoms with Crippen LogP contribution in [-0.2, 0) is 25.6 Å². The molecule has 1 aromatic carbocycles. The van der Waals surface area contributed by atoms with Gasteiger partial charge in [-0.05, 0) is 19.4 Å². The Labute approximate surface area is 128 Å². The second kappa shape index (κ2) is 4.50. The quantitative estimate of drug-likeness (QED) is 0.846. The minimum Gasteiger partial charge on any atom is -0.393 e. The average molecular weight is 308 g/mol. The fraction of sp³-hybridized carbons (Fsp3) is 0.625. The Hall–Kier alpha value is -1.02. The lowest BCUT2D eigenvalue weighted by molar-refractivity contribution is -0.225. The van der Waals surface area contributed by atoms with Crippen LogP contribution in [0.5, 0.6) is 0 Å². The van der Waals surface area contributed by atoms with Crippen LogP contribution in [0, 0.1) is 0 Å². The zero-order valence-corrected chi connectivity index (χ0v) is 12.6. The van der Waals surface area contributed by atoms with Gasteiger partial charge in [0.15, 0.2) is 23.3 Å². The summed E-state index contributed by atoms with van der Waals surface area (Å²) in [5.74, 6) is -0.803. The molecule has 0 spiro atoms. The molecule has 1 aromatic rings. The van der Waals surface area contributed by atoms with Gasteiger partial charge < -0.3 is 29.2 Å². The van der Waals surface area contributed by atoms with Gasteiger partial charge in [0.2, 0.25) is 0 Å². The van der Waals surface area contributed by atoms with E-state index in [1.54, 1.807) is 13.8 Å². The summed E-state index contributed by atoms with van der Waals surface area (Å²) >= 11 is 0. The molecule has 1 aliphatic carbocycles. The van der Waals surface area contributed by atoms with Crippen LogP contribution in [0.25, 0.3) is 0 Å². The summed E-state index contributed by atoms with van der Waals surface area (Å²) in [7, 11) is 0. The third-order valence-corrected chi connectivity index (χ3v) is 4.79. The molecule has 3 fully saturated rings. The summed E-state index contributed by atoms with van der Waals surface area (Å²) in [6.45, 7) is 3.53. The number of fused-ring (bicyclic) bond motifs is 3. The Morgan fingerprint density at radius 1 is 1.14 bits per heavy atom. The first-order valence-electron chi connectivity index (χ1n) is 7.45. The topological polar surface area (TPSA) is 77.4 Å². The molecule has 3 aliphatic rings. The molecule has 4 rings (SSSR count). The van der Waals surface area contributed by atoms with Gasteiger partial charge in [-0.1, -0.05) is 30.3 Å². The van der Waals surface area contributed by atoms with E-state index in [0.29, 0.717) is 6.61 Å². The molecule has 0 bridgehead atoms. The van der Waals surface area contributed by atoms with Crippen molar-refractivity contribution in [1.29, 1.82) is 0 Å². The highest BCUT2D eigenvalue weighted by Crippen LogP contribution is 2.65. The lowest BCUT2D eigenvalue weighted by Crippen LogP contribution is -2.40. The molecule has 2 N–H and O–H groups in total. The molecule has 2 saturated heterocycles. The molecule has 22 heavy (non-hydrogen) atoms. The van der Waals surface area contributed by atoms with Crippen molar-refractivity contribution >= 4 is 0 Å². The highest BCUT2D eigenvalue weighted by Gasteiger charge is 2.91. The zero-order chi connectivity index (χ0) is 15.6. The first-order chi connectivity index (χ1) is 10.5. The number of hydrogen-bond acceptors (Lipinski definition) is 6. The monoisotopic (exact) mass is 308 g/mol. The first-order valence-corrected chi connectivity index (χ1v) is 7.45. The van der Waals surface area contributed by atoms with E-state index in [2.05, 4.69) is 0 Å². The minimum absolute atomic E-state index is 0.302. The predicted octanol–water partition coefficient (Wildman–Crippen LogP) is 0.555. The molecule has 0 amide bonds. The van der Waals surface area contributed by atoms with Gasteiger partial charge in [0.05, 0.1) is 13.2 Å². The van der Waals surface area contributed by atoms with Gasteiger partial charge in [-0.3, -0.25) is 0 Å². The molecule has 2 heterocycles. The maximum Gasteiger partial charge on any atom is 0.191 e. The second-order valence-electron chi connectivity index (χ2n) is 6.56. The van der Waals surface area contributed by atoms with Gasteiger partial charge in [-0.25, -0.2) is 0 Å². The highest BCUT2D eigenvalue weighted by molar-refractivity contribution is 5.37. The Morgan fingerprint density at radius 3 is 2.55 bits per heavy atom. The Bertz CT molecular complexity index is 575. The lowest BCUT2D eigenvalue weighted by atomic mass is 10.1. The van der Waals surface area contributed by atoms with Crippen molar-refractivity contribution in [2.45, 2.75) is 55.9 Å². The molecule has 120 valence electrons. The van der Waals surface area contributed by atoms with Gasteiger partial charge in [-0.15, -0.1) is 0 Å². The molecular formula is C16H20O6. The number of benzene rings is 1. The van der Waals surface area contributed by atoms with Crippen molar-refractivity contribution < 1.29 is 29.2 Å². The highest BCUT2D eigenvalue weighted by atomic mass is 16.9. The third kappa shape index (κ3) is 1.71. The molecule has 1 saturated carbocycles. The van der Waals surface area contributed by atoms with E-state index < -0.39 is 35.5 Å². The first kappa shape index (κ1) is 14.6. The van der Waals surface area contributed by atoms with Crippen molar-refractivity contribution in [2.75, 3.05) is 6.61 Å². The van der Waals surface area contributed by atoms with Crippen molar-refractivity contribution in [3.8, 4) is 0 Å². The summed E-state index contributed by atoms with van der Waals surface area (Å²) in [6.07, 6.45) is -2.14. The fourth-order valence-electron chi connectivity index (χ4n) is 3.66. The molecule has 0 radical (unpaired) electrons. The van der Waals surface area contributed by atoms with Crippen LogP contribution >= 0.6 is 0 Å². The minimum atomic E-state index is -1.16. The number of aliphatic hydroxyl groups excluding tert-OH is 2. The van der Waals surface area contributed by atoms with Crippen LogP contribution in [0.4, 0.5) is 0 Å². The van der Waals surface area contributed by atoms with Crippen LogP contribution in [0.1, 0.15) is 19.4 Å². The zero-order valence-electron chi connectivity index (χ0n) is 12.6. The van der Waals surface area contributed by atoms with Crippen LogP contribution < -0.4 is 0 Å². The molecule has 0 unspecified atom stereocenters. The van der Waals surface area contributed by atoms with Crippen LogP contribution in [0.15, 0.2) is 30.3 Å². The van der Waals surface area contributed by atoms with Crippen LogP contribution in [0.3, 0.4) is 0 Å². The largest absolute Gasteiger partial charge is 0.393 e. The number of rotatable bonds is 4. The fourth-order valence-corrected chi connectivity index (χ4v) is 3.66. The van der Waals surface area contributed by atoms with Crippen molar-refractivity contribution in [2.24, 2.45) is 0 Å². The van der Waals surface area contributed by atoms with Gasteiger partial charge >= 0.3 is 0 Å². The van der Waals surface area contributed by atoms with E-state index >= 15 is 0 Å². The average Bonchev–Trinajstić information content (AvgIpc) is 2.73. The standard InChI is InChI=1S/C16H20O6/c1-14(2)20-11-12(21-14)22-15(9-17)13(18)16(11,15)19-8-10-6-4-3-5-7-10/h3-7,11-13,17-18H,8-9H2,1-2H3/t11-,12-,13+,15+,16+/m0/s1. The summed E-state index contributed by atoms with van der Waals surface area (Å²) < 4.78 is 23.3. The van der Waals surface area contributed by atoms with Crippen LogP contribution in [-0.4, -0.2) is 52.3 Å². The normalized spacial score (nSPS) is 44.6. The van der Waals surface area contributed by atoms with Gasteiger partial charge in [-0.2, -0.15) is 0 Å². The van der Waals surface area contributed by atoms with Crippen molar-refractivity contribution in [3.05, 3.63) is 35.9 Å². The predicted molar refractivity (Wildman–Crippen MR) is 74.7 cm³/mol. The molecule has 6 heteroatoms. The molecule has 0 aromatic heterocycles. The van der Waals surface area contributed by atoms with Gasteiger partial charge in [0.1, 0.15) is 12.2 Å². The SMILES string of the molecule is CC1(C)O[C@H]2O[C@]3(CO)[C@@H](O)[C@]3(OCc3ccccc3)[C@H]2O1. The maximum absolute atomic E-state index is 10.4. The summed E-state index contributed by atoms with van der Waals surface area (Å²) in [5.41, 5.74) is -1.27. The van der Waals surface area contributed by atoms with E-state index in [-0.39, 0.29) is 6.61 Å². The summed E-state index contributed by atoms with van der Waals surface area (Å²) in [5, 5.41) is 20.1.